The molecule has 5 rings (SSSR count). The number of ether oxygens (including phenoxy) is 1. The van der Waals surface area contributed by atoms with E-state index in [4.69, 9.17) is 4.74 Å². The van der Waals surface area contributed by atoms with Crippen LogP contribution >= 0.6 is 0 Å². The Morgan fingerprint density at radius 2 is 2.12 bits per heavy atom. The van der Waals surface area contributed by atoms with Crippen molar-refractivity contribution in [1.29, 1.82) is 0 Å². The number of aromatic nitrogens is 8. The summed E-state index contributed by atoms with van der Waals surface area (Å²) >= 11 is 0. The van der Waals surface area contributed by atoms with Gasteiger partial charge in [0, 0.05) is 24.6 Å². The van der Waals surface area contributed by atoms with Crippen LogP contribution in [0.2, 0.25) is 0 Å². The second-order valence-corrected chi connectivity index (χ2v) is 8.31. The topological polar surface area (TPSA) is 136 Å². The number of nitrogens with zero attached hydrogens (tertiary/aromatic N) is 7. The third kappa shape index (κ3) is 4.38. The average Bonchev–Trinajstić information content (AvgIpc) is 3.58. The molecule has 11 nitrogen and oxygen atoms in total. The molecule has 4 heterocycles. The second-order valence-electron chi connectivity index (χ2n) is 8.31. The quantitative estimate of drug-likeness (QED) is 0.389. The molecule has 180 valence electrons. The minimum Gasteiger partial charge on any atom is -0.785 e. The van der Waals surface area contributed by atoms with Crippen LogP contribution in [-0.2, 0) is 17.5 Å². The van der Waals surface area contributed by atoms with Crippen molar-refractivity contribution in [2.75, 3.05) is 13.7 Å². The smallest absolute Gasteiger partial charge is 0.451 e. The van der Waals surface area contributed by atoms with Crippen LogP contribution in [0.4, 0.5) is 13.2 Å². The molecular weight excluding hydrogens is 455 g/mol. The Labute approximate surface area is 191 Å². The lowest BCUT2D eigenvalue weighted by Crippen LogP contribution is -2.23. The lowest BCUT2D eigenvalue weighted by Gasteiger charge is -2.29. The van der Waals surface area contributed by atoms with E-state index in [1.165, 1.54) is 12.5 Å². The SMILES string of the molecule is CN([O-])C1CCC(COCc2cnc3nc(-c4n[nH]c(C(F)(F)F)n4)c(-c4cnc[nH]4)n3c2)C1. The van der Waals surface area contributed by atoms with Gasteiger partial charge in [0.05, 0.1) is 24.8 Å². The van der Waals surface area contributed by atoms with Crippen molar-refractivity contribution < 1.29 is 17.9 Å². The van der Waals surface area contributed by atoms with Crippen molar-refractivity contribution in [1.82, 2.24) is 44.6 Å². The summed E-state index contributed by atoms with van der Waals surface area (Å²) < 4.78 is 46.6. The van der Waals surface area contributed by atoms with Crippen molar-refractivity contribution >= 4 is 5.78 Å². The molecule has 0 saturated heterocycles. The first-order chi connectivity index (χ1) is 16.3. The highest BCUT2D eigenvalue weighted by atomic mass is 19.4. The normalized spacial score (nSPS) is 19.0. The van der Waals surface area contributed by atoms with Gasteiger partial charge in [0.2, 0.25) is 17.4 Å². The summed E-state index contributed by atoms with van der Waals surface area (Å²) in [5.74, 6) is -0.834. The maximum absolute atomic E-state index is 13.0. The van der Waals surface area contributed by atoms with E-state index in [0.717, 1.165) is 29.9 Å². The van der Waals surface area contributed by atoms with Crippen molar-refractivity contribution in [2.45, 2.75) is 38.1 Å². The zero-order chi connectivity index (χ0) is 23.9. The van der Waals surface area contributed by atoms with E-state index in [1.807, 2.05) is 5.10 Å². The number of hydrogen-bond acceptors (Lipinski definition) is 8. The fourth-order valence-corrected chi connectivity index (χ4v) is 4.22. The lowest BCUT2D eigenvalue weighted by molar-refractivity contribution is -0.144. The van der Waals surface area contributed by atoms with Crippen LogP contribution in [0.1, 0.15) is 30.7 Å². The number of halogens is 3. The summed E-state index contributed by atoms with van der Waals surface area (Å²) in [6.45, 7) is 0.814. The Bertz CT molecular complexity index is 1270. The zero-order valence-electron chi connectivity index (χ0n) is 18.1. The largest absolute Gasteiger partial charge is 0.785 e. The van der Waals surface area contributed by atoms with Gasteiger partial charge in [-0.05, 0) is 38.3 Å². The molecule has 2 unspecified atom stereocenters. The standard InChI is InChI=1S/C20H21F3N9O2/c1-31(33)13-3-2-11(4-13)8-34-9-12-5-25-19-27-15(17-28-18(30-29-17)20(21,22)23)16(32(19)7-12)14-6-24-10-26-14/h5-7,10-11,13H,2-4,8-9H2,1H3,(H,24,26)(H,28,29,30)/q-1. The average molecular weight is 476 g/mol. The fraction of sp³-hybridized carbons (Fsp3) is 0.450. The molecule has 1 saturated carbocycles. The van der Waals surface area contributed by atoms with E-state index in [2.05, 4.69) is 30.0 Å². The van der Waals surface area contributed by atoms with Crippen molar-refractivity contribution in [3.8, 4) is 22.9 Å². The number of hydrogen-bond donors (Lipinski definition) is 2. The van der Waals surface area contributed by atoms with Crippen LogP contribution in [0.25, 0.3) is 28.7 Å². The molecule has 4 aromatic heterocycles. The summed E-state index contributed by atoms with van der Waals surface area (Å²) in [6, 6.07) is 0.0430. The van der Waals surface area contributed by atoms with Crippen LogP contribution in [0.15, 0.2) is 24.9 Å². The van der Waals surface area contributed by atoms with Crippen LogP contribution < -0.4 is 0 Å². The Kier molecular flexibility index (Phi) is 5.79. The molecule has 2 atom stereocenters. The Morgan fingerprint density at radius 1 is 1.26 bits per heavy atom. The van der Waals surface area contributed by atoms with Crippen molar-refractivity contribution in [2.24, 2.45) is 5.92 Å². The van der Waals surface area contributed by atoms with Crippen LogP contribution in [0.5, 0.6) is 0 Å². The summed E-state index contributed by atoms with van der Waals surface area (Å²) in [4.78, 5) is 19.2. The molecule has 0 radical (unpaired) electrons. The Hall–Kier alpha value is -3.36. The number of aromatic amines is 2. The predicted molar refractivity (Wildman–Crippen MR) is 113 cm³/mol. The van der Waals surface area contributed by atoms with E-state index in [9.17, 15) is 18.4 Å². The van der Waals surface area contributed by atoms with Crippen LogP contribution in [-0.4, -0.2) is 64.3 Å². The molecule has 1 aliphatic carbocycles. The van der Waals surface area contributed by atoms with E-state index >= 15 is 0 Å². The molecule has 0 amide bonds. The van der Waals surface area contributed by atoms with Gasteiger partial charge in [-0.15, -0.1) is 0 Å². The Morgan fingerprint density at radius 3 is 2.79 bits per heavy atom. The maximum atomic E-state index is 13.0. The third-order valence-electron chi connectivity index (χ3n) is 5.90. The molecule has 34 heavy (non-hydrogen) atoms. The number of alkyl halides is 3. The second kappa shape index (κ2) is 8.77. The summed E-state index contributed by atoms with van der Waals surface area (Å²) in [5.41, 5.74) is 1.81. The predicted octanol–water partition coefficient (Wildman–Crippen LogP) is 3.04. The first-order valence-corrected chi connectivity index (χ1v) is 10.6. The first kappa shape index (κ1) is 22.4. The molecule has 2 N–H and O–H groups in total. The Balaban J connectivity index is 1.41. The number of H-pyrrole nitrogens is 2. The molecule has 14 heteroatoms. The zero-order valence-corrected chi connectivity index (χ0v) is 18.1. The third-order valence-corrected chi connectivity index (χ3v) is 5.90. The fourth-order valence-electron chi connectivity index (χ4n) is 4.22. The number of imidazole rings is 2. The van der Waals surface area contributed by atoms with Crippen molar-refractivity contribution in [3.63, 3.8) is 0 Å². The molecule has 1 fully saturated rings. The summed E-state index contributed by atoms with van der Waals surface area (Å²) in [6.07, 6.45) is 4.29. The number of rotatable bonds is 7. The molecule has 1 aliphatic rings. The van der Waals surface area contributed by atoms with Gasteiger partial charge in [0.25, 0.3) is 0 Å². The van der Waals surface area contributed by atoms with Gasteiger partial charge >= 0.3 is 6.18 Å². The van der Waals surface area contributed by atoms with E-state index < -0.39 is 12.0 Å². The minimum absolute atomic E-state index is 0.0430. The van der Waals surface area contributed by atoms with E-state index in [-0.39, 0.29) is 29.9 Å². The highest BCUT2D eigenvalue weighted by Crippen LogP contribution is 2.32. The van der Waals surface area contributed by atoms with Gasteiger partial charge in [-0.25, -0.2) is 19.9 Å². The molecular formula is C20H21F3N9O2-. The van der Waals surface area contributed by atoms with Gasteiger partial charge < -0.3 is 20.0 Å². The van der Waals surface area contributed by atoms with E-state index in [1.54, 1.807) is 23.8 Å². The van der Waals surface area contributed by atoms with Crippen LogP contribution in [0.3, 0.4) is 0 Å². The van der Waals surface area contributed by atoms with Gasteiger partial charge in [-0.1, -0.05) is 0 Å². The number of hydroxylamine groups is 2. The summed E-state index contributed by atoms with van der Waals surface area (Å²) in [7, 11) is 1.55. The lowest BCUT2D eigenvalue weighted by atomic mass is 10.1. The molecule has 0 aliphatic heterocycles. The molecule has 0 spiro atoms. The number of fused-ring (bicyclic) bond motifs is 1. The van der Waals surface area contributed by atoms with Gasteiger partial charge in [0.15, 0.2) is 0 Å². The summed E-state index contributed by atoms with van der Waals surface area (Å²) in [5, 5.41) is 18.1. The highest BCUT2D eigenvalue weighted by Gasteiger charge is 2.36. The van der Waals surface area contributed by atoms with Gasteiger partial charge in [0.1, 0.15) is 11.4 Å². The van der Waals surface area contributed by atoms with Gasteiger partial charge in [-0.3, -0.25) is 9.50 Å². The van der Waals surface area contributed by atoms with Gasteiger partial charge in [-0.2, -0.15) is 18.3 Å². The van der Waals surface area contributed by atoms with Crippen LogP contribution in [0, 0.1) is 11.1 Å². The first-order valence-electron chi connectivity index (χ1n) is 10.6. The van der Waals surface area contributed by atoms with Crippen molar-refractivity contribution in [3.05, 3.63) is 41.5 Å². The highest BCUT2D eigenvalue weighted by molar-refractivity contribution is 5.76. The minimum atomic E-state index is -4.66. The number of nitrogens with one attached hydrogen (secondary N) is 2. The van der Waals surface area contributed by atoms with E-state index in [0.29, 0.717) is 23.9 Å². The monoisotopic (exact) mass is 476 g/mol. The maximum Gasteiger partial charge on any atom is 0.451 e. The molecule has 0 bridgehead atoms. The molecule has 4 aromatic rings. The molecule has 0 aromatic carbocycles.